The summed E-state index contributed by atoms with van der Waals surface area (Å²) in [5, 5.41) is 0. The monoisotopic (exact) mass is 251 g/mol. The van der Waals surface area contributed by atoms with Crippen molar-refractivity contribution in [1.82, 2.24) is 4.98 Å². The number of aryl methyl sites for hydroxylation is 1. The van der Waals surface area contributed by atoms with E-state index in [0.717, 1.165) is 35.6 Å². The molecule has 1 aromatic carbocycles. The second-order valence-corrected chi connectivity index (χ2v) is 4.34. The predicted octanol–water partition coefficient (Wildman–Crippen LogP) is 3.58. The van der Waals surface area contributed by atoms with E-state index in [-0.39, 0.29) is 0 Å². The maximum atomic E-state index is 5.53. The fourth-order valence-corrected chi connectivity index (χ4v) is 1.53. The van der Waals surface area contributed by atoms with Crippen molar-refractivity contribution in [2.45, 2.75) is 20.3 Å². The summed E-state index contributed by atoms with van der Waals surface area (Å²) in [6.45, 7) is 4.85. The molecule has 0 atom stereocenters. The van der Waals surface area contributed by atoms with Gasteiger partial charge in [0.05, 0.1) is 6.61 Å². The Labute approximate surface area is 114 Å². The number of rotatable bonds is 3. The smallest absolute Gasteiger partial charge is 0.119 e. The fraction of sp³-hybridized carbons (Fsp3) is 0.235. The zero-order chi connectivity index (χ0) is 13.5. The van der Waals surface area contributed by atoms with Crippen molar-refractivity contribution >= 4 is 0 Å². The normalized spacial score (nSPS) is 9.58. The predicted molar refractivity (Wildman–Crippen MR) is 77.2 cm³/mol. The largest absolute Gasteiger partial charge is 0.494 e. The van der Waals surface area contributed by atoms with Gasteiger partial charge in [-0.05, 0) is 55.2 Å². The number of pyridine rings is 1. The molecule has 0 amide bonds. The van der Waals surface area contributed by atoms with Crippen LogP contribution in [0.15, 0.2) is 42.6 Å². The third-order valence-electron chi connectivity index (χ3n) is 2.57. The first-order chi connectivity index (χ1) is 9.28. The molecule has 0 aliphatic rings. The maximum Gasteiger partial charge on any atom is 0.119 e. The average molecular weight is 251 g/mol. The first-order valence-corrected chi connectivity index (χ1v) is 6.45. The summed E-state index contributed by atoms with van der Waals surface area (Å²) in [7, 11) is 0. The number of benzene rings is 1. The molecular formula is C17H17NO. The van der Waals surface area contributed by atoms with Gasteiger partial charge >= 0.3 is 0 Å². The minimum absolute atomic E-state index is 0.748. The lowest BCUT2D eigenvalue weighted by Crippen LogP contribution is -1.94. The molecule has 0 aliphatic carbocycles. The first kappa shape index (κ1) is 13.2. The van der Waals surface area contributed by atoms with Crippen molar-refractivity contribution in [2.75, 3.05) is 6.61 Å². The van der Waals surface area contributed by atoms with Gasteiger partial charge < -0.3 is 4.74 Å². The van der Waals surface area contributed by atoms with Gasteiger partial charge in [-0.3, -0.25) is 0 Å². The van der Waals surface area contributed by atoms with E-state index < -0.39 is 0 Å². The van der Waals surface area contributed by atoms with Crippen LogP contribution in [-0.4, -0.2) is 11.6 Å². The number of nitrogens with zero attached hydrogens (tertiary/aromatic N) is 1. The highest BCUT2D eigenvalue weighted by Gasteiger charge is 1.93. The van der Waals surface area contributed by atoms with Crippen LogP contribution < -0.4 is 4.74 Å². The van der Waals surface area contributed by atoms with Crippen molar-refractivity contribution in [3.8, 4) is 17.6 Å². The van der Waals surface area contributed by atoms with Crippen molar-refractivity contribution in [3.05, 3.63) is 59.4 Å². The lowest BCUT2D eigenvalue weighted by molar-refractivity contribution is 0.317. The molecule has 1 heterocycles. The number of hydrogen-bond donors (Lipinski definition) is 0. The van der Waals surface area contributed by atoms with Gasteiger partial charge in [-0.1, -0.05) is 18.9 Å². The van der Waals surface area contributed by atoms with Crippen molar-refractivity contribution in [3.63, 3.8) is 0 Å². The summed E-state index contributed by atoms with van der Waals surface area (Å²) in [6.07, 6.45) is 2.84. The van der Waals surface area contributed by atoms with Gasteiger partial charge in [-0.25, -0.2) is 4.98 Å². The van der Waals surface area contributed by atoms with E-state index in [0.29, 0.717) is 0 Å². The van der Waals surface area contributed by atoms with Gasteiger partial charge in [0.15, 0.2) is 0 Å². The Kier molecular flexibility index (Phi) is 4.58. The van der Waals surface area contributed by atoms with Gasteiger partial charge in [0.2, 0.25) is 0 Å². The van der Waals surface area contributed by atoms with Crippen LogP contribution in [0.5, 0.6) is 5.75 Å². The Morgan fingerprint density at radius 1 is 1.05 bits per heavy atom. The summed E-state index contributed by atoms with van der Waals surface area (Å²) in [6, 6.07) is 11.8. The van der Waals surface area contributed by atoms with E-state index in [1.165, 1.54) is 0 Å². The number of hydrogen-bond acceptors (Lipinski definition) is 2. The van der Waals surface area contributed by atoms with E-state index in [2.05, 4.69) is 23.7 Å². The molecule has 2 aromatic rings. The molecule has 96 valence electrons. The summed E-state index contributed by atoms with van der Waals surface area (Å²) < 4.78 is 5.53. The molecule has 2 nitrogen and oxygen atoms in total. The van der Waals surface area contributed by atoms with Gasteiger partial charge in [-0.2, -0.15) is 0 Å². The second kappa shape index (κ2) is 6.61. The maximum absolute atomic E-state index is 5.53. The highest BCUT2D eigenvalue weighted by Crippen LogP contribution is 2.11. The van der Waals surface area contributed by atoms with Gasteiger partial charge in [0, 0.05) is 11.8 Å². The molecule has 19 heavy (non-hydrogen) atoms. The van der Waals surface area contributed by atoms with Crippen LogP contribution in [0.4, 0.5) is 0 Å². The summed E-state index contributed by atoms with van der Waals surface area (Å²) >= 11 is 0. The quantitative estimate of drug-likeness (QED) is 0.778. The van der Waals surface area contributed by atoms with Crippen LogP contribution in [0, 0.1) is 18.8 Å². The number of ether oxygens (including phenoxy) is 1. The molecule has 2 rings (SSSR count). The van der Waals surface area contributed by atoms with Crippen LogP contribution >= 0.6 is 0 Å². The van der Waals surface area contributed by atoms with Gasteiger partial charge in [0.1, 0.15) is 11.4 Å². The summed E-state index contributed by atoms with van der Waals surface area (Å²) in [4.78, 5) is 4.25. The molecule has 0 fully saturated rings. The Morgan fingerprint density at radius 3 is 2.47 bits per heavy atom. The van der Waals surface area contributed by atoms with Crippen LogP contribution in [0.2, 0.25) is 0 Å². The standard InChI is InChI=1S/C17H17NO/c1-3-12-19-17-10-6-15(7-11-17)5-9-16-8-4-14(2)13-18-16/h4,6-8,10-11,13H,3,12H2,1-2H3. The van der Waals surface area contributed by atoms with E-state index in [9.17, 15) is 0 Å². The van der Waals surface area contributed by atoms with Crippen LogP contribution in [0.1, 0.15) is 30.2 Å². The lowest BCUT2D eigenvalue weighted by atomic mass is 10.2. The molecule has 0 aliphatic heterocycles. The van der Waals surface area contributed by atoms with Crippen molar-refractivity contribution in [1.29, 1.82) is 0 Å². The first-order valence-electron chi connectivity index (χ1n) is 6.45. The minimum atomic E-state index is 0.748. The topological polar surface area (TPSA) is 22.1 Å². The number of aromatic nitrogens is 1. The zero-order valence-corrected chi connectivity index (χ0v) is 11.3. The average Bonchev–Trinajstić information content (AvgIpc) is 2.46. The summed E-state index contributed by atoms with van der Waals surface area (Å²) in [5.74, 6) is 7.03. The molecule has 0 unspecified atom stereocenters. The van der Waals surface area contributed by atoms with Crippen LogP contribution in [-0.2, 0) is 0 Å². The third kappa shape index (κ3) is 4.15. The van der Waals surface area contributed by atoms with Crippen molar-refractivity contribution in [2.24, 2.45) is 0 Å². The molecule has 0 N–H and O–H groups in total. The van der Waals surface area contributed by atoms with Gasteiger partial charge in [-0.15, -0.1) is 0 Å². The molecule has 0 saturated carbocycles. The lowest BCUT2D eigenvalue weighted by Gasteiger charge is -2.03. The highest BCUT2D eigenvalue weighted by molar-refractivity contribution is 5.42. The SMILES string of the molecule is CCCOc1ccc(C#Cc2ccc(C)cn2)cc1. The third-order valence-corrected chi connectivity index (χ3v) is 2.57. The molecule has 0 bridgehead atoms. The highest BCUT2D eigenvalue weighted by atomic mass is 16.5. The Morgan fingerprint density at radius 2 is 1.84 bits per heavy atom. The minimum Gasteiger partial charge on any atom is -0.494 e. The Bertz CT molecular complexity index is 573. The Hall–Kier alpha value is -2.27. The van der Waals surface area contributed by atoms with E-state index in [1.807, 2.05) is 49.5 Å². The molecule has 0 saturated heterocycles. The Balaban J connectivity index is 2.05. The van der Waals surface area contributed by atoms with E-state index >= 15 is 0 Å². The van der Waals surface area contributed by atoms with Crippen LogP contribution in [0.3, 0.4) is 0 Å². The van der Waals surface area contributed by atoms with Crippen LogP contribution in [0.25, 0.3) is 0 Å². The summed E-state index contributed by atoms with van der Waals surface area (Å²) in [5.41, 5.74) is 2.89. The molecule has 1 aromatic heterocycles. The van der Waals surface area contributed by atoms with Gasteiger partial charge in [0.25, 0.3) is 0 Å². The molecule has 2 heteroatoms. The molecular weight excluding hydrogens is 234 g/mol. The fourth-order valence-electron chi connectivity index (χ4n) is 1.53. The molecule has 0 spiro atoms. The van der Waals surface area contributed by atoms with E-state index in [1.54, 1.807) is 0 Å². The molecule has 0 radical (unpaired) electrons. The van der Waals surface area contributed by atoms with E-state index in [4.69, 9.17) is 4.74 Å². The second-order valence-electron chi connectivity index (χ2n) is 4.34. The zero-order valence-electron chi connectivity index (χ0n) is 11.3. The van der Waals surface area contributed by atoms with Crippen molar-refractivity contribution < 1.29 is 4.74 Å².